The normalized spacial score (nSPS) is 17.8. The summed E-state index contributed by atoms with van der Waals surface area (Å²) in [6.45, 7) is 1.50. The highest BCUT2D eigenvalue weighted by molar-refractivity contribution is 5.79. The average molecular weight is 367 g/mol. The molecule has 1 aliphatic heterocycles. The fourth-order valence-electron chi connectivity index (χ4n) is 4.26. The van der Waals surface area contributed by atoms with Gasteiger partial charge in [-0.25, -0.2) is 4.79 Å². The molecule has 27 heavy (non-hydrogen) atoms. The molecular formula is C22H25NO4. The van der Waals surface area contributed by atoms with Crippen LogP contribution in [0, 0.1) is 0 Å². The van der Waals surface area contributed by atoms with Crippen LogP contribution in [-0.4, -0.2) is 43.2 Å². The predicted octanol–water partition coefficient (Wildman–Crippen LogP) is 3.46. The van der Waals surface area contributed by atoms with Gasteiger partial charge in [-0.15, -0.1) is 0 Å². The van der Waals surface area contributed by atoms with E-state index in [-0.39, 0.29) is 12.5 Å². The topological polar surface area (TPSA) is 67.8 Å². The van der Waals surface area contributed by atoms with Crippen LogP contribution in [0.2, 0.25) is 0 Å². The van der Waals surface area contributed by atoms with Crippen molar-refractivity contribution in [3.05, 3.63) is 59.7 Å². The summed E-state index contributed by atoms with van der Waals surface area (Å²) in [5.74, 6) is 0.0478. The molecule has 0 radical (unpaired) electrons. The maximum Gasteiger partial charge on any atom is 0.407 e. The van der Waals surface area contributed by atoms with Crippen LogP contribution in [0.4, 0.5) is 4.79 Å². The van der Waals surface area contributed by atoms with Gasteiger partial charge in [0.1, 0.15) is 6.61 Å². The Morgan fingerprint density at radius 2 is 1.67 bits per heavy atom. The fourth-order valence-corrected chi connectivity index (χ4v) is 4.26. The van der Waals surface area contributed by atoms with E-state index in [4.69, 9.17) is 9.47 Å². The van der Waals surface area contributed by atoms with Crippen molar-refractivity contribution < 1.29 is 19.4 Å². The fraction of sp³-hybridized carbons (Fsp3) is 0.409. The van der Waals surface area contributed by atoms with E-state index in [1.165, 1.54) is 22.3 Å². The molecule has 1 amide bonds. The molecule has 0 spiro atoms. The lowest BCUT2D eigenvalue weighted by Crippen LogP contribution is -2.52. The molecule has 4 rings (SSSR count). The minimum Gasteiger partial charge on any atom is -0.449 e. The van der Waals surface area contributed by atoms with Gasteiger partial charge in [-0.05, 0) is 41.5 Å². The second-order valence-corrected chi connectivity index (χ2v) is 7.32. The van der Waals surface area contributed by atoms with Gasteiger partial charge in [0.2, 0.25) is 0 Å². The molecule has 2 aromatic carbocycles. The van der Waals surface area contributed by atoms with E-state index in [0.29, 0.717) is 39.1 Å². The summed E-state index contributed by atoms with van der Waals surface area (Å²) < 4.78 is 11.0. The van der Waals surface area contributed by atoms with Crippen molar-refractivity contribution in [1.82, 2.24) is 5.32 Å². The molecule has 0 saturated carbocycles. The Balaban J connectivity index is 1.46. The van der Waals surface area contributed by atoms with Crippen LogP contribution in [0.1, 0.15) is 36.3 Å². The van der Waals surface area contributed by atoms with Gasteiger partial charge >= 0.3 is 6.09 Å². The first-order valence-electron chi connectivity index (χ1n) is 9.54. The van der Waals surface area contributed by atoms with Crippen molar-refractivity contribution in [2.45, 2.75) is 30.7 Å². The van der Waals surface area contributed by atoms with E-state index in [1.54, 1.807) is 0 Å². The Morgan fingerprint density at radius 3 is 2.26 bits per heavy atom. The molecule has 2 N–H and O–H groups in total. The van der Waals surface area contributed by atoms with Gasteiger partial charge < -0.3 is 19.9 Å². The van der Waals surface area contributed by atoms with Gasteiger partial charge in [0, 0.05) is 31.3 Å². The molecule has 0 atom stereocenters. The van der Waals surface area contributed by atoms with Gasteiger partial charge in [0.05, 0.1) is 0 Å². The van der Waals surface area contributed by atoms with Crippen molar-refractivity contribution in [2.75, 3.05) is 26.4 Å². The maximum atomic E-state index is 12.5. The second-order valence-electron chi connectivity index (χ2n) is 7.32. The van der Waals surface area contributed by atoms with Crippen LogP contribution in [0.25, 0.3) is 11.1 Å². The van der Waals surface area contributed by atoms with Crippen LogP contribution in [0.5, 0.6) is 0 Å². The van der Waals surface area contributed by atoms with Gasteiger partial charge in [-0.3, -0.25) is 0 Å². The minimum atomic E-state index is -0.435. The van der Waals surface area contributed by atoms with Crippen molar-refractivity contribution >= 4 is 6.09 Å². The highest BCUT2D eigenvalue weighted by atomic mass is 16.5. The zero-order valence-electron chi connectivity index (χ0n) is 15.3. The Morgan fingerprint density at radius 1 is 1.07 bits per heavy atom. The Labute approximate surface area is 159 Å². The van der Waals surface area contributed by atoms with Gasteiger partial charge in [-0.1, -0.05) is 48.5 Å². The van der Waals surface area contributed by atoms with Crippen LogP contribution >= 0.6 is 0 Å². The van der Waals surface area contributed by atoms with Crippen LogP contribution in [0.15, 0.2) is 48.5 Å². The average Bonchev–Trinajstić information content (AvgIpc) is 3.01. The quantitative estimate of drug-likeness (QED) is 0.849. The van der Waals surface area contributed by atoms with E-state index in [0.717, 1.165) is 0 Å². The van der Waals surface area contributed by atoms with Gasteiger partial charge in [0.15, 0.2) is 0 Å². The lowest BCUT2D eigenvalue weighted by Gasteiger charge is -2.37. The SMILES string of the molecule is O=C(NC1(CCO)CCOCC1)OCC1c2ccccc2-c2ccccc21. The number of ether oxygens (including phenoxy) is 2. The largest absolute Gasteiger partial charge is 0.449 e. The number of carbonyl (C=O) groups excluding carboxylic acids is 1. The molecule has 0 aromatic heterocycles. The van der Waals surface area contributed by atoms with Crippen LogP contribution < -0.4 is 5.32 Å². The van der Waals surface area contributed by atoms with Gasteiger partial charge in [-0.2, -0.15) is 0 Å². The lowest BCUT2D eigenvalue weighted by atomic mass is 9.87. The standard InChI is InChI=1S/C22H25NO4/c24-12-9-22(10-13-26-14-11-22)23-21(25)27-15-20-18-7-3-1-5-16(18)17-6-2-4-8-19(17)20/h1-8,20,24H,9-15H2,(H,23,25). The third-order valence-electron chi connectivity index (χ3n) is 5.75. The van der Waals surface area contributed by atoms with E-state index in [1.807, 2.05) is 24.3 Å². The highest BCUT2D eigenvalue weighted by Gasteiger charge is 2.35. The van der Waals surface area contributed by atoms with Crippen molar-refractivity contribution in [1.29, 1.82) is 0 Å². The predicted molar refractivity (Wildman–Crippen MR) is 103 cm³/mol. The molecule has 1 aliphatic carbocycles. The molecule has 2 aromatic rings. The summed E-state index contributed by atoms with van der Waals surface area (Å²) in [6.07, 6.45) is 1.47. The molecule has 2 aliphatic rings. The maximum absolute atomic E-state index is 12.5. The highest BCUT2D eigenvalue weighted by Crippen LogP contribution is 2.44. The van der Waals surface area contributed by atoms with Crippen LogP contribution in [-0.2, 0) is 9.47 Å². The zero-order chi connectivity index (χ0) is 18.7. The number of amides is 1. The number of carbonyl (C=O) groups is 1. The summed E-state index contributed by atoms with van der Waals surface area (Å²) in [5.41, 5.74) is 4.38. The molecule has 142 valence electrons. The Hall–Kier alpha value is -2.37. The Bertz CT molecular complexity index is 762. The number of hydrogen-bond donors (Lipinski definition) is 2. The molecular weight excluding hydrogens is 342 g/mol. The van der Waals surface area contributed by atoms with Crippen molar-refractivity contribution in [3.63, 3.8) is 0 Å². The first-order chi connectivity index (χ1) is 13.2. The minimum absolute atomic E-state index is 0.0314. The van der Waals surface area contributed by atoms with Crippen molar-refractivity contribution in [3.8, 4) is 11.1 Å². The van der Waals surface area contributed by atoms with Crippen molar-refractivity contribution in [2.24, 2.45) is 0 Å². The monoisotopic (exact) mass is 367 g/mol. The number of nitrogens with one attached hydrogen (secondary N) is 1. The number of hydrogen-bond acceptors (Lipinski definition) is 4. The van der Waals surface area contributed by atoms with Gasteiger partial charge in [0.25, 0.3) is 0 Å². The van der Waals surface area contributed by atoms with E-state index in [9.17, 15) is 9.90 Å². The molecule has 1 fully saturated rings. The summed E-state index contributed by atoms with van der Waals surface area (Å²) in [7, 11) is 0. The zero-order valence-corrected chi connectivity index (χ0v) is 15.3. The smallest absolute Gasteiger partial charge is 0.407 e. The number of aliphatic hydroxyl groups excluding tert-OH is 1. The van der Waals surface area contributed by atoms with E-state index >= 15 is 0 Å². The number of alkyl carbamates (subject to hydrolysis) is 1. The molecule has 5 heteroatoms. The molecule has 0 unspecified atom stereocenters. The first kappa shape index (κ1) is 18.0. The summed E-state index contributed by atoms with van der Waals surface area (Å²) in [6, 6.07) is 16.6. The summed E-state index contributed by atoms with van der Waals surface area (Å²) in [4.78, 5) is 12.5. The second kappa shape index (κ2) is 7.71. The number of rotatable bonds is 5. The molecule has 1 saturated heterocycles. The summed E-state index contributed by atoms with van der Waals surface area (Å²) in [5, 5.41) is 12.4. The van der Waals surface area contributed by atoms with E-state index in [2.05, 4.69) is 29.6 Å². The van der Waals surface area contributed by atoms with Crippen LogP contribution in [0.3, 0.4) is 0 Å². The lowest BCUT2D eigenvalue weighted by molar-refractivity contribution is 0.0253. The number of benzene rings is 2. The first-order valence-corrected chi connectivity index (χ1v) is 9.54. The number of aliphatic hydroxyl groups is 1. The molecule has 1 heterocycles. The Kier molecular flexibility index (Phi) is 5.14. The molecule has 0 bridgehead atoms. The third-order valence-corrected chi connectivity index (χ3v) is 5.75. The van der Waals surface area contributed by atoms with E-state index < -0.39 is 11.6 Å². The molecule has 5 nitrogen and oxygen atoms in total. The number of fused-ring (bicyclic) bond motifs is 3. The summed E-state index contributed by atoms with van der Waals surface area (Å²) >= 11 is 0. The third kappa shape index (κ3) is 3.57.